The molecule has 2 aromatic carbocycles. The van der Waals surface area contributed by atoms with Gasteiger partial charge in [-0.05, 0) is 53.1 Å². The molecule has 164 valence electrons. The third-order valence-corrected chi connectivity index (χ3v) is 6.59. The molecule has 33 heavy (non-hydrogen) atoms. The van der Waals surface area contributed by atoms with Crippen LogP contribution in [0.5, 0.6) is 0 Å². The number of hydrogen-bond donors (Lipinski definition) is 2. The fourth-order valence-corrected chi connectivity index (χ4v) is 4.87. The van der Waals surface area contributed by atoms with E-state index in [-0.39, 0.29) is 18.4 Å². The molecule has 0 bridgehead atoms. The summed E-state index contributed by atoms with van der Waals surface area (Å²) in [7, 11) is 0. The smallest absolute Gasteiger partial charge is 0.252 e. The summed E-state index contributed by atoms with van der Waals surface area (Å²) in [6.07, 6.45) is 3.76. The molecule has 6 heteroatoms. The maximum absolute atomic E-state index is 13.3. The summed E-state index contributed by atoms with van der Waals surface area (Å²) in [5, 5.41) is 8.54. The van der Waals surface area contributed by atoms with Crippen LogP contribution in [0.1, 0.15) is 38.5 Å². The Balaban J connectivity index is 1.38. The van der Waals surface area contributed by atoms with Crippen molar-refractivity contribution in [1.82, 2.24) is 15.6 Å². The van der Waals surface area contributed by atoms with E-state index in [1.54, 1.807) is 11.3 Å². The van der Waals surface area contributed by atoms with Gasteiger partial charge >= 0.3 is 0 Å². The predicted octanol–water partition coefficient (Wildman–Crippen LogP) is 4.83. The van der Waals surface area contributed by atoms with Gasteiger partial charge in [0.15, 0.2) is 0 Å². The van der Waals surface area contributed by atoms with Gasteiger partial charge in [-0.2, -0.15) is 0 Å². The summed E-state index contributed by atoms with van der Waals surface area (Å²) in [6, 6.07) is 21.5. The van der Waals surface area contributed by atoms with Crippen LogP contribution < -0.4 is 10.6 Å². The van der Waals surface area contributed by atoms with Crippen molar-refractivity contribution in [2.75, 3.05) is 6.54 Å². The maximum atomic E-state index is 13.3. The van der Waals surface area contributed by atoms with E-state index in [1.807, 2.05) is 60.7 Å². The number of benzene rings is 2. The SMILES string of the molecule is O=C(CNC(=O)c1c2c(nc3ccccc13)/C(=C\c1cccs1)CC2)NCc1ccccc1. The molecule has 2 heterocycles. The highest BCUT2D eigenvalue weighted by Gasteiger charge is 2.27. The summed E-state index contributed by atoms with van der Waals surface area (Å²) >= 11 is 1.68. The van der Waals surface area contributed by atoms with Crippen LogP contribution in [-0.4, -0.2) is 23.3 Å². The Morgan fingerprint density at radius 1 is 0.939 bits per heavy atom. The van der Waals surface area contributed by atoms with E-state index in [4.69, 9.17) is 4.98 Å². The van der Waals surface area contributed by atoms with Gasteiger partial charge in [-0.25, -0.2) is 4.98 Å². The second-order valence-electron chi connectivity index (χ2n) is 7.96. The highest BCUT2D eigenvalue weighted by Crippen LogP contribution is 2.37. The summed E-state index contributed by atoms with van der Waals surface area (Å²) < 4.78 is 0. The van der Waals surface area contributed by atoms with Crippen molar-refractivity contribution in [3.63, 3.8) is 0 Å². The number of thiophene rings is 1. The molecule has 5 nitrogen and oxygen atoms in total. The van der Waals surface area contributed by atoms with Crippen molar-refractivity contribution in [3.05, 3.63) is 99.4 Å². The Hall–Kier alpha value is -3.77. The van der Waals surface area contributed by atoms with E-state index in [1.165, 1.54) is 4.88 Å². The average molecular weight is 454 g/mol. The van der Waals surface area contributed by atoms with Gasteiger partial charge in [0.1, 0.15) is 0 Å². The van der Waals surface area contributed by atoms with Crippen LogP contribution >= 0.6 is 11.3 Å². The van der Waals surface area contributed by atoms with Gasteiger partial charge < -0.3 is 10.6 Å². The minimum absolute atomic E-state index is 0.0744. The zero-order valence-corrected chi connectivity index (χ0v) is 18.8. The number of carbonyl (C=O) groups excluding carboxylic acids is 2. The molecule has 5 rings (SSSR count). The van der Waals surface area contributed by atoms with Gasteiger partial charge in [0, 0.05) is 16.8 Å². The molecule has 4 aromatic rings. The van der Waals surface area contributed by atoms with Crippen LogP contribution in [-0.2, 0) is 17.8 Å². The fourth-order valence-electron chi connectivity index (χ4n) is 4.19. The Labute approximate surface area is 196 Å². The van der Waals surface area contributed by atoms with Gasteiger partial charge in [0.2, 0.25) is 5.91 Å². The van der Waals surface area contributed by atoms with Gasteiger partial charge in [-0.3, -0.25) is 9.59 Å². The normalized spacial score (nSPS) is 13.8. The molecule has 2 N–H and O–H groups in total. The van der Waals surface area contributed by atoms with E-state index in [9.17, 15) is 9.59 Å². The van der Waals surface area contributed by atoms with Crippen LogP contribution in [0.4, 0.5) is 0 Å². The van der Waals surface area contributed by atoms with Gasteiger partial charge in [-0.15, -0.1) is 11.3 Å². The molecule has 0 radical (unpaired) electrons. The van der Waals surface area contributed by atoms with Gasteiger partial charge in [0.25, 0.3) is 5.91 Å². The molecule has 0 unspecified atom stereocenters. The van der Waals surface area contributed by atoms with Gasteiger partial charge in [0.05, 0.1) is 23.3 Å². The maximum Gasteiger partial charge on any atom is 0.252 e. The standard InChI is InChI=1S/C27H23N3O2S/c31-24(28-16-18-7-2-1-3-8-18)17-29-27(32)25-21-10-4-5-11-23(21)30-26-19(12-13-22(25)26)15-20-9-6-14-33-20/h1-11,14-15H,12-13,16-17H2,(H,28,31)(H,29,32)/b19-15-. The monoisotopic (exact) mass is 453 g/mol. The Bertz CT molecular complexity index is 1340. The van der Waals surface area contributed by atoms with Crippen LogP contribution in [0.2, 0.25) is 0 Å². The summed E-state index contributed by atoms with van der Waals surface area (Å²) in [5.41, 5.74) is 5.42. The van der Waals surface area contributed by atoms with E-state index in [0.29, 0.717) is 12.1 Å². The van der Waals surface area contributed by atoms with Crippen molar-refractivity contribution in [1.29, 1.82) is 0 Å². The largest absolute Gasteiger partial charge is 0.350 e. The lowest BCUT2D eigenvalue weighted by molar-refractivity contribution is -0.120. The fraction of sp³-hybridized carbons (Fsp3) is 0.148. The molecule has 2 aromatic heterocycles. The first-order chi connectivity index (χ1) is 16.2. The topological polar surface area (TPSA) is 71.1 Å². The summed E-state index contributed by atoms with van der Waals surface area (Å²) in [6.45, 7) is 0.356. The zero-order chi connectivity index (χ0) is 22.6. The first-order valence-electron chi connectivity index (χ1n) is 10.9. The molecule has 0 saturated carbocycles. The Kier molecular flexibility index (Phi) is 6.00. The second kappa shape index (κ2) is 9.38. The van der Waals surface area contributed by atoms with Crippen LogP contribution in [0, 0.1) is 0 Å². The summed E-state index contributed by atoms with van der Waals surface area (Å²) in [5.74, 6) is -0.461. The molecule has 2 amide bonds. The highest BCUT2D eigenvalue weighted by molar-refractivity contribution is 7.10. The first-order valence-corrected chi connectivity index (χ1v) is 11.8. The minimum Gasteiger partial charge on any atom is -0.350 e. The molecular weight excluding hydrogens is 430 g/mol. The van der Waals surface area contributed by atoms with Crippen LogP contribution in [0.15, 0.2) is 72.1 Å². The first kappa shape index (κ1) is 21.1. The molecule has 0 atom stereocenters. The van der Waals surface area contributed by atoms with Crippen LogP contribution in [0.3, 0.4) is 0 Å². The van der Waals surface area contributed by atoms with E-state index < -0.39 is 0 Å². The molecule has 0 aliphatic heterocycles. The third-order valence-electron chi connectivity index (χ3n) is 5.77. The number of pyridine rings is 1. The number of rotatable bonds is 6. The molecule has 1 aliphatic rings. The van der Waals surface area contributed by atoms with E-state index in [2.05, 4.69) is 28.2 Å². The quantitative estimate of drug-likeness (QED) is 0.439. The number of para-hydroxylation sites is 1. The van der Waals surface area contributed by atoms with Crippen molar-refractivity contribution in [3.8, 4) is 0 Å². The third kappa shape index (κ3) is 4.56. The summed E-state index contributed by atoms with van der Waals surface area (Å²) in [4.78, 5) is 31.7. The van der Waals surface area contributed by atoms with Crippen LogP contribution in [0.25, 0.3) is 22.6 Å². The van der Waals surface area contributed by atoms with Crippen molar-refractivity contribution in [2.45, 2.75) is 19.4 Å². The Morgan fingerprint density at radius 2 is 1.76 bits per heavy atom. The lowest BCUT2D eigenvalue weighted by atomic mass is 10.00. The lowest BCUT2D eigenvalue weighted by Crippen LogP contribution is -2.37. The number of carbonyl (C=O) groups is 2. The highest BCUT2D eigenvalue weighted by atomic mass is 32.1. The van der Waals surface area contributed by atoms with Crippen molar-refractivity contribution in [2.24, 2.45) is 0 Å². The number of amides is 2. The van der Waals surface area contributed by atoms with Crippen molar-refractivity contribution < 1.29 is 9.59 Å². The van der Waals surface area contributed by atoms with Crippen molar-refractivity contribution >= 4 is 45.7 Å². The Morgan fingerprint density at radius 3 is 2.58 bits per heavy atom. The number of fused-ring (bicyclic) bond motifs is 2. The minimum atomic E-state index is -0.239. The van der Waals surface area contributed by atoms with E-state index >= 15 is 0 Å². The molecular formula is C27H23N3O2S. The number of nitrogens with zero attached hydrogens (tertiary/aromatic N) is 1. The molecule has 1 aliphatic carbocycles. The molecule has 0 saturated heterocycles. The van der Waals surface area contributed by atoms with E-state index in [0.717, 1.165) is 46.1 Å². The zero-order valence-electron chi connectivity index (χ0n) is 18.0. The second-order valence-corrected chi connectivity index (χ2v) is 8.94. The lowest BCUT2D eigenvalue weighted by Gasteiger charge is -2.13. The number of hydrogen-bond acceptors (Lipinski definition) is 4. The number of aromatic nitrogens is 1. The predicted molar refractivity (Wildman–Crippen MR) is 133 cm³/mol. The number of nitrogens with one attached hydrogen (secondary N) is 2. The van der Waals surface area contributed by atoms with Gasteiger partial charge in [-0.1, -0.05) is 54.6 Å². The number of allylic oxidation sites excluding steroid dienone is 1. The average Bonchev–Trinajstić information content (AvgIpc) is 3.51. The molecule has 0 spiro atoms. The molecule has 0 fully saturated rings.